The number of nitrogens with one attached hydrogen (secondary N) is 1. The molecule has 5 heteroatoms. The van der Waals surface area contributed by atoms with E-state index in [1.807, 2.05) is 25.1 Å². The van der Waals surface area contributed by atoms with Crippen LogP contribution in [-0.2, 0) is 13.0 Å². The molecule has 4 rings (SSSR count). The lowest BCUT2D eigenvalue weighted by molar-refractivity contribution is 0.613. The van der Waals surface area contributed by atoms with Gasteiger partial charge in [0.15, 0.2) is 0 Å². The van der Waals surface area contributed by atoms with Crippen molar-refractivity contribution in [3.63, 3.8) is 0 Å². The molecule has 4 nitrogen and oxygen atoms in total. The van der Waals surface area contributed by atoms with Crippen molar-refractivity contribution in [3.8, 4) is 0 Å². The first-order chi connectivity index (χ1) is 12.2. The van der Waals surface area contributed by atoms with Gasteiger partial charge in [-0.1, -0.05) is 36.4 Å². The van der Waals surface area contributed by atoms with Gasteiger partial charge in [0, 0.05) is 36.1 Å². The summed E-state index contributed by atoms with van der Waals surface area (Å²) in [7, 11) is 0. The minimum absolute atomic E-state index is 0.213. The van der Waals surface area contributed by atoms with Crippen LogP contribution in [0.15, 0.2) is 54.6 Å². The Morgan fingerprint density at radius 2 is 1.88 bits per heavy atom. The zero-order valence-electron chi connectivity index (χ0n) is 14.0. The number of aryl methyl sites for hydroxylation is 1. The van der Waals surface area contributed by atoms with Gasteiger partial charge in [-0.05, 0) is 31.0 Å². The first-order valence-electron chi connectivity index (χ1n) is 8.39. The SMILES string of the molecule is Cc1cc(NCc2ccccc2F)nc(N2CCc3ccccc32)n1. The average molecular weight is 334 g/mol. The second-order valence-electron chi connectivity index (χ2n) is 6.17. The van der Waals surface area contributed by atoms with Crippen molar-refractivity contribution in [2.75, 3.05) is 16.8 Å². The number of fused-ring (bicyclic) bond motifs is 1. The highest BCUT2D eigenvalue weighted by atomic mass is 19.1. The molecule has 2 heterocycles. The summed E-state index contributed by atoms with van der Waals surface area (Å²) in [6, 6.07) is 17.0. The minimum Gasteiger partial charge on any atom is -0.366 e. The van der Waals surface area contributed by atoms with Crippen LogP contribution in [0.25, 0.3) is 0 Å². The molecule has 0 spiro atoms. The third-order valence-electron chi connectivity index (χ3n) is 4.39. The summed E-state index contributed by atoms with van der Waals surface area (Å²) in [4.78, 5) is 11.4. The lowest BCUT2D eigenvalue weighted by atomic mass is 10.2. The van der Waals surface area contributed by atoms with Gasteiger partial charge in [-0.3, -0.25) is 0 Å². The first kappa shape index (κ1) is 15.6. The smallest absolute Gasteiger partial charge is 0.232 e. The molecule has 0 bridgehead atoms. The number of aromatic nitrogens is 2. The summed E-state index contributed by atoms with van der Waals surface area (Å²) >= 11 is 0. The van der Waals surface area contributed by atoms with Gasteiger partial charge in [-0.2, -0.15) is 4.98 Å². The zero-order valence-corrected chi connectivity index (χ0v) is 14.0. The molecular weight excluding hydrogens is 315 g/mol. The van der Waals surface area contributed by atoms with E-state index in [2.05, 4.69) is 38.4 Å². The van der Waals surface area contributed by atoms with Crippen molar-refractivity contribution in [1.82, 2.24) is 9.97 Å². The number of hydrogen-bond acceptors (Lipinski definition) is 4. The third-order valence-corrected chi connectivity index (χ3v) is 4.39. The predicted molar refractivity (Wildman–Crippen MR) is 97.6 cm³/mol. The Hall–Kier alpha value is -2.95. The van der Waals surface area contributed by atoms with E-state index < -0.39 is 0 Å². The van der Waals surface area contributed by atoms with Crippen molar-refractivity contribution >= 4 is 17.5 Å². The van der Waals surface area contributed by atoms with Gasteiger partial charge in [0.2, 0.25) is 5.95 Å². The number of benzene rings is 2. The Morgan fingerprint density at radius 1 is 1.08 bits per heavy atom. The predicted octanol–water partition coefficient (Wildman–Crippen LogP) is 4.23. The molecule has 126 valence electrons. The maximum atomic E-state index is 13.8. The molecule has 0 saturated carbocycles. The van der Waals surface area contributed by atoms with Crippen molar-refractivity contribution in [2.45, 2.75) is 19.9 Å². The number of anilines is 3. The van der Waals surface area contributed by atoms with Crippen LogP contribution in [0.3, 0.4) is 0 Å². The normalized spacial score (nSPS) is 13.0. The number of rotatable bonds is 4. The van der Waals surface area contributed by atoms with Crippen LogP contribution in [0.2, 0.25) is 0 Å². The molecule has 0 atom stereocenters. The van der Waals surface area contributed by atoms with Gasteiger partial charge in [0.1, 0.15) is 11.6 Å². The van der Waals surface area contributed by atoms with Crippen LogP contribution < -0.4 is 10.2 Å². The van der Waals surface area contributed by atoms with Crippen LogP contribution in [0, 0.1) is 12.7 Å². The fraction of sp³-hybridized carbons (Fsp3) is 0.200. The molecule has 3 aromatic rings. The van der Waals surface area contributed by atoms with Gasteiger partial charge in [0.05, 0.1) is 0 Å². The summed E-state index contributed by atoms with van der Waals surface area (Å²) < 4.78 is 13.8. The molecule has 0 aliphatic carbocycles. The molecule has 1 aromatic heterocycles. The Balaban J connectivity index is 1.58. The molecule has 1 aliphatic rings. The van der Waals surface area contributed by atoms with Crippen molar-refractivity contribution < 1.29 is 4.39 Å². The quantitative estimate of drug-likeness (QED) is 0.775. The number of para-hydroxylation sites is 1. The molecule has 1 aliphatic heterocycles. The second kappa shape index (κ2) is 6.51. The fourth-order valence-corrected chi connectivity index (χ4v) is 3.14. The standard InChI is InChI=1S/C20H19FN4/c1-14-12-19(22-13-16-7-2-4-8-17(16)21)24-20(23-14)25-11-10-15-6-3-5-9-18(15)25/h2-9,12H,10-11,13H2,1H3,(H,22,23,24). The molecular formula is C20H19FN4. The molecule has 0 unspecified atom stereocenters. The number of hydrogen-bond donors (Lipinski definition) is 1. The van der Waals surface area contributed by atoms with E-state index in [0.717, 1.165) is 24.3 Å². The molecule has 0 fully saturated rings. The van der Waals surface area contributed by atoms with Gasteiger partial charge < -0.3 is 10.2 Å². The van der Waals surface area contributed by atoms with E-state index in [1.54, 1.807) is 12.1 Å². The van der Waals surface area contributed by atoms with Crippen molar-refractivity contribution in [1.29, 1.82) is 0 Å². The van der Waals surface area contributed by atoms with E-state index in [-0.39, 0.29) is 5.82 Å². The summed E-state index contributed by atoms with van der Waals surface area (Å²) in [5.41, 5.74) is 3.97. The Kier molecular flexibility index (Phi) is 4.06. The van der Waals surface area contributed by atoms with Crippen LogP contribution >= 0.6 is 0 Å². The Labute approximate surface area is 146 Å². The summed E-state index contributed by atoms with van der Waals surface area (Å²) in [5, 5.41) is 3.21. The summed E-state index contributed by atoms with van der Waals surface area (Å²) in [5.74, 6) is 1.17. The maximum absolute atomic E-state index is 13.8. The van der Waals surface area contributed by atoms with E-state index in [9.17, 15) is 4.39 Å². The van der Waals surface area contributed by atoms with E-state index in [1.165, 1.54) is 11.6 Å². The largest absolute Gasteiger partial charge is 0.366 e. The third kappa shape index (κ3) is 3.18. The second-order valence-corrected chi connectivity index (χ2v) is 6.17. The van der Waals surface area contributed by atoms with E-state index in [4.69, 9.17) is 0 Å². The fourth-order valence-electron chi connectivity index (χ4n) is 3.14. The first-order valence-corrected chi connectivity index (χ1v) is 8.39. The van der Waals surface area contributed by atoms with E-state index in [0.29, 0.717) is 23.9 Å². The number of halogens is 1. The highest BCUT2D eigenvalue weighted by Gasteiger charge is 2.22. The van der Waals surface area contributed by atoms with Crippen LogP contribution in [0.1, 0.15) is 16.8 Å². The molecule has 0 saturated heterocycles. The van der Waals surface area contributed by atoms with Gasteiger partial charge in [-0.15, -0.1) is 0 Å². The summed E-state index contributed by atoms with van der Waals surface area (Å²) in [6.45, 7) is 3.20. The molecule has 25 heavy (non-hydrogen) atoms. The maximum Gasteiger partial charge on any atom is 0.232 e. The molecule has 2 aromatic carbocycles. The minimum atomic E-state index is -0.213. The van der Waals surface area contributed by atoms with Crippen LogP contribution in [0.5, 0.6) is 0 Å². The topological polar surface area (TPSA) is 41.1 Å². The highest BCUT2D eigenvalue weighted by molar-refractivity contribution is 5.66. The molecule has 1 N–H and O–H groups in total. The van der Waals surface area contributed by atoms with Crippen molar-refractivity contribution in [2.24, 2.45) is 0 Å². The van der Waals surface area contributed by atoms with E-state index >= 15 is 0 Å². The van der Waals surface area contributed by atoms with Crippen molar-refractivity contribution in [3.05, 3.63) is 77.2 Å². The monoisotopic (exact) mass is 334 g/mol. The van der Waals surface area contributed by atoms with Gasteiger partial charge >= 0.3 is 0 Å². The highest BCUT2D eigenvalue weighted by Crippen LogP contribution is 2.32. The summed E-state index contributed by atoms with van der Waals surface area (Å²) in [6.07, 6.45) is 0.992. The van der Waals surface area contributed by atoms with Gasteiger partial charge in [-0.25, -0.2) is 9.37 Å². The molecule has 0 radical (unpaired) electrons. The van der Waals surface area contributed by atoms with Crippen LogP contribution in [0.4, 0.5) is 21.8 Å². The zero-order chi connectivity index (χ0) is 17.2. The average Bonchev–Trinajstić information content (AvgIpc) is 3.05. The Bertz CT molecular complexity index is 910. The van der Waals surface area contributed by atoms with Gasteiger partial charge in [0.25, 0.3) is 0 Å². The Morgan fingerprint density at radius 3 is 2.76 bits per heavy atom. The lowest BCUT2D eigenvalue weighted by Gasteiger charge is -2.18. The number of nitrogens with zero attached hydrogens (tertiary/aromatic N) is 3. The van der Waals surface area contributed by atoms with Crippen LogP contribution in [-0.4, -0.2) is 16.5 Å². The molecule has 0 amide bonds. The lowest BCUT2D eigenvalue weighted by Crippen LogP contribution is -2.17.